The fourth-order valence-electron chi connectivity index (χ4n) is 5.25. The van der Waals surface area contributed by atoms with E-state index in [1.807, 2.05) is 61.0 Å². The van der Waals surface area contributed by atoms with Crippen LogP contribution in [0.5, 0.6) is 0 Å². The number of pyridine rings is 1. The highest BCUT2D eigenvalue weighted by Crippen LogP contribution is 2.46. The molecule has 4 rings (SSSR count). The molecule has 2 amide bonds. The van der Waals surface area contributed by atoms with Gasteiger partial charge in [0.1, 0.15) is 12.6 Å². The fourth-order valence-corrected chi connectivity index (χ4v) is 5.25. The number of aliphatic carboxylic acids is 1. The van der Waals surface area contributed by atoms with Gasteiger partial charge in [0.2, 0.25) is 0 Å². The molecule has 10 nitrogen and oxygen atoms in total. The molecule has 0 saturated heterocycles. The largest absolute Gasteiger partial charge is 0.550 e. The molecule has 0 aliphatic carbocycles. The lowest BCUT2D eigenvalue weighted by Gasteiger charge is -2.29. The van der Waals surface area contributed by atoms with Crippen LogP contribution < -0.4 is 21.1 Å². The minimum atomic E-state index is -1.05. The van der Waals surface area contributed by atoms with E-state index in [-0.39, 0.29) is 6.42 Å². The molecule has 0 radical (unpaired) electrons. The van der Waals surface area contributed by atoms with Crippen molar-refractivity contribution >= 4 is 34.9 Å². The van der Waals surface area contributed by atoms with Crippen LogP contribution >= 0.6 is 0 Å². The smallest absolute Gasteiger partial charge is 0.257 e. The van der Waals surface area contributed by atoms with Gasteiger partial charge in [-0.15, -0.1) is 0 Å². The summed E-state index contributed by atoms with van der Waals surface area (Å²) in [7, 11) is 1.85. The average Bonchev–Trinajstić information content (AvgIpc) is 3.26. The van der Waals surface area contributed by atoms with Crippen LogP contribution in [-0.2, 0) is 22.1 Å². The fraction of sp³-hybridized carbons (Fsp3) is 0.400. The maximum Gasteiger partial charge on any atom is 0.257 e. The molecule has 0 unspecified atom stereocenters. The summed E-state index contributed by atoms with van der Waals surface area (Å²) in [5, 5.41) is 10.7. The SMILES string of the molecule is C[n+]1cc(C(N)=O)c2c(c1)C(C)(C)C(/C=C/C=C1\N=C3C(C(N)=O)=CN(CCCCCC(=O)[O-])C=C3C1(C)C)=N2. The van der Waals surface area contributed by atoms with Crippen molar-refractivity contribution in [1.29, 1.82) is 0 Å². The van der Waals surface area contributed by atoms with Crippen LogP contribution in [0.3, 0.4) is 0 Å². The number of rotatable bonds is 10. The van der Waals surface area contributed by atoms with Crippen molar-refractivity contribution in [2.24, 2.45) is 33.9 Å². The highest BCUT2D eigenvalue weighted by Gasteiger charge is 2.42. The zero-order valence-electron chi connectivity index (χ0n) is 23.7. The van der Waals surface area contributed by atoms with E-state index in [1.54, 1.807) is 12.4 Å². The van der Waals surface area contributed by atoms with Gasteiger partial charge in [-0.1, -0.05) is 26.3 Å². The number of aryl methyl sites for hydroxylation is 1. The molecule has 0 fully saturated rings. The Balaban J connectivity index is 1.59. The van der Waals surface area contributed by atoms with Gasteiger partial charge in [-0.25, -0.2) is 4.57 Å². The standard InChI is InChI=1S/C30H36N6O4/c1-29(2)20-16-35(5)14-18(27(31)39)25(20)33-22(29)10-9-11-23-30(3,4)21-17-36(13-8-6-7-12-24(37)38)15-19(28(32)40)26(21)34-23/h9-11,14-17H,6-8,12-13H2,1-5H3,(H4-,31,32,37,38,39,40). The van der Waals surface area contributed by atoms with Crippen molar-refractivity contribution in [3.63, 3.8) is 0 Å². The number of allylic oxidation sites excluding steroid dienone is 4. The van der Waals surface area contributed by atoms with E-state index < -0.39 is 28.6 Å². The summed E-state index contributed by atoms with van der Waals surface area (Å²) in [6.07, 6.45) is 15.1. The first-order valence-corrected chi connectivity index (χ1v) is 13.3. The Hall–Kier alpha value is -4.34. The number of carbonyl (C=O) groups is 3. The van der Waals surface area contributed by atoms with E-state index >= 15 is 0 Å². The van der Waals surface area contributed by atoms with Gasteiger partial charge in [-0.2, -0.15) is 0 Å². The lowest BCUT2D eigenvalue weighted by atomic mass is 9.79. The summed E-state index contributed by atoms with van der Waals surface area (Å²) in [6.45, 7) is 8.81. The summed E-state index contributed by atoms with van der Waals surface area (Å²) in [6, 6.07) is 0. The van der Waals surface area contributed by atoms with Gasteiger partial charge in [0.15, 0.2) is 12.4 Å². The van der Waals surface area contributed by atoms with E-state index in [0.29, 0.717) is 35.5 Å². The number of aliphatic imine (C=N–C) groups is 2. The van der Waals surface area contributed by atoms with Crippen LogP contribution in [0, 0.1) is 5.41 Å². The maximum absolute atomic E-state index is 12.3. The maximum atomic E-state index is 12.3. The van der Waals surface area contributed by atoms with Crippen LogP contribution in [0.2, 0.25) is 0 Å². The van der Waals surface area contributed by atoms with Crippen molar-refractivity contribution < 1.29 is 24.1 Å². The Kier molecular flexibility index (Phi) is 7.65. The number of carboxylic acid groups (broad SMARTS) is 1. The monoisotopic (exact) mass is 544 g/mol. The van der Waals surface area contributed by atoms with Crippen LogP contribution in [0.4, 0.5) is 5.69 Å². The molecule has 0 spiro atoms. The number of hydrogen-bond donors (Lipinski definition) is 2. The Morgan fingerprint density at radius 1 is 1.00 bits per heavy atom. The minimum Gasteiger partial charge on any atom is -0.550 e. The summed E-state index contributed by atoms with van der Waals surface area (Å²) in [4.78, 5) is 46.5. The second-order valence-corrected chi connectivity index (χ2v) is 11.5. The average molecular weight is 545 g/mol. The quantitative estimate of drug-likeness (QED) is 0.339. The lowest BCUT2D eigenvalue weighted by Crippen LogP contribution is -2.33. The summed E-state index contributed by atoms with van der Waals surface area (Å²) in [5.74, 6) is -2.13. The second kappa shape index (κ2) is 10.7. The molecule has 1 aromatic heterocycles. The van der Waals surface area contributed by atoms with Crippen LogP contribution in [0.1, 0.15) is 69.3 Å². The van der Waals surface area contributed by atoms with Crippen molar-refractivity contribution in [3.8, 4) is 0 Å². The van der Waals surface area contributed by atoms with E-state index in [0.717, 1.165) is 35.4 Å². The predicted molar refractivity (Wildman–Crippen MR) is 150 cm³/mol. The molecule has 210 valence electrons. The third-order valence-electron chi connectivity index (χ3n) is 7.70. The Morgan fingerprint density at radius 2 is 1.73 bits per heavy atom. The first-order valence-electron chi connectivity index (χ1n) is 13.3. The molecule has 0 saturated carbocycles. The van der Waals surface area contributed by atoms with Crippen molar-refractivity contribution in [2.45, 2.75) is 58.8 Å². The van der Waals surface area contributed by atoms with E-state index in [1.165, 1.54) is 0 Å². The number of hydrogen-bond acceptors (Lipinski definition) is 7. The number of unbranched alkanes of at least 4 members (excludes halogenated alkanes) is 2. The number of primary amides is 2. The number of nitrogens with zero attached hydrogens (tertiary/aromatic N) is 4. The number of amides is 2. The van der Waals surface area contributed by atoms with Crippen molar-refractivity contribution in [3.05, 3.63) is 71.0 Å². The zero-order chi connectivity index (χ0) is 29.4. The van der Waals surface area contributed by atoms with Crippen LogP contribution in [0.15, 0.2) is 69.8 Å². The molecule has 1 aromatic rings. The highest BCUT2D eigenvalue weighted by molar-refractivity contribution is 6.30. The lowest BCUT2D eigenvalue weighted by molar-refractivity contribution is -0.672. The predicted octanol–water partition coefficient (Wildman–Crippen LogP) is 1.77. The Labute approximate surface area is 234 Å². The zero-order valence-corrected chi connectivity index (χ0v) is 23.7. The number of fused-ring (bicyclic) bond motifs is 2. The Bertz CT molecular complexity index is 1470. The summed E-state index contributed by atoms with van der Waals surface area (Å²) < 4.78 is 1.82. The van der Waals surface area contributed by atoms with Crippen LogP contribution in [0.25, 0.3) is 0 Å². The van der Waals surface area contributed by atoms with Gasteiger partial charge in [0, 0.05) is 41.3 Å². The van der Waals surface area contributed by atoms with Crippen molar-refractivity contribution in [1.82, 2.24) is 4.90 Å². The van der Waals surface area contributed by atoms with Crippen LogP contribution in [-0.4, -0.2) is 40.7 Å². The molecular weight excluding hydrogens is 508 g/mol. The molecule has 40 heavy (non-hydrogen) atoms. The molecule has 4 heterocycles. The molecular formula is C30H36N6O4. The van der Waals surface area contributed by atoms with Gasteiger partial charge in [0.25, 0.3) is 11.8 Å². The molecule has 3 aliphatic heterocycles. The first kappa shape index (κ1) is 28.7. The van der Waals surface area contributed by atoms with Gasteiger partial charge in [-0.3, -0.25) is 19.6 Å². The molecule has 10 heteroatoms. The number of nitrogens with two attached hydrogens (primary N) is 2. The molecule has 0 aromatic carbocycles. The van der Waals surface area contributed by atoms with E-state index in [9.17, 15) is 19.5 Å². The Morgan fingerprint density at radius 3 is 2.38 bits per heavy atom. The summed E-state index contributed by atoms with van der Waals surface area (Å²) in [5.41, 5.74) is 15.7. The third-order valence-corrected chi connectivity index (χ3v) is 7.70. The minimum absolute atomic E-state index is 0.0373. The summed E-state index contributed by atoms with van der Waals surface area (Å²) >= 11 is 0. The first-order chi connectivity index (χ1) is 18.7. The van der Waals surface area contributed by atoms with E-state index in [4.69, 9.17) is 21.5 Å². The number of aromatic nitrogens is 1. The van der Waals surface area contributed by atoms with Gasteiger partial charge in [-0.05, 0) is 45.3 Å². The van der Waals surface area contributed by atoms with Crippen molar-refractivity contribution in [2.75, 3.05) is 6.54 Å². The normalized spacial score (nSPS) is 19.6. The van der Waals surface area contributed by atoms with Gasteiger partial charge < -0.3 is 26.3 Å². The van der Waals surface area contributed by atoms with Gasteiger partial charge in [0.05, 0.1) is 33.9 Å². The van der Waals surface area contributed by atoms with Gasteiger partial charge >= 0.3 is 0 Å². The second-order valence-electron chi connectivity index (χ2n) is 11.5. The molecule has 4 N–H and O–H groups in total. The molecule has 0 atom stereocenters. The molecule has 3 aliphatic rings. The highest BCUT2D eigenvalue weighted by atomic mass is 16.4. The third kappa shape index (κ3) is 5.38. The number of carbonyl (C=O) groups excluding carboxylic acids is 3. The van der Waals surface area contributed by atoms with E-state index in [2.05, 4.69) is 13.8 Å². The number of carboxylic acids is 1. The topological polar surface area (TPSA) is 158 Å². The molecule has 0 bridgehead atoms.